The minimum atomic E-state index is 0.0792. The molecule has 4 heteroatoms. The van der Waals surface area contributed by atoms with Crippen LogP contribution in [0.3, 0.4) is 0 Å². The second kappa shape index (κ2) is 6.06. The first-order chi connectivity index (χ1) is 9.13. The lowest BCUT2D eigenvalue weighted by molar-refractivity contribution is -0.120. The van der Waals surface area contributed by atoms with Gasteiger partial charge in [0.25, 0.3) is 0 Å². The summed E-state index contributed by atoms with van der Waals surface area (Å²) in [6.07, 6.45) is 2.03. The lowest BCUT2D eigenvalue weighted by Crippen LogP contribution is -2.37. The summed E-state index contributed by atoms with van der Waals surface area (Å²) in [5, 5.41) is 6.30. The molecule has 4 nitrogen and oxygen atoms in total. The molecule has 0 radical (unpaired) electrons. The highest BCUT2D eigenvalue weighted by Gasteiger charge is 2.21. The molecule has 1 atom stereocenters. The number of benzene rings is 1. The van der Waals surface area contributed by atoms with Gasteiger partial charge in [0.1, 0.15) is 5.75 Å². The number of ether oxygens (including phenoxy) is 1. The second-order valence-corrected chi connectivity index (χ2v) is 5.10. The third-order valence-corrected chi connectivity index (χ3v) is 3.88. The first-order valence-corrected chi connectivity index (χ1v) is 6.79. The fraction of sp³-hybridized carbons (Fsp3) is 0.533. The maximum atomic E-state index is 12.2. The van der Waals surface area contributed by atoms with Crippen LogP contribution in [-0.4, -0.2) is 26.1 Å². The van der Waals surface area contributed by atoms with Gasteiger partial charge in [-0.2, -0.15) is 0 Å². The summed E-state index contributed by atoms with van der Waals surface area (Å²) in [6.45, 7) is 5.81. The quantitative estimate of drug-likeness (QED) is 0.878. The summed E-state index contributed by atoms with van der Waals surface area (Å²) in [6, 6.07) is 3.81. The smallest absolute Gasteiger partial charge is 0.228 e. The largest absolute Gasteiger partial charge is 0.496 e. The van der Waals surface area contributed by atoms with Crippen molar-refractivity contribution >= 4 is 11.6 Å². The minimum absolute atomic E-state index is 0.0792. The van der Waals surface area contributed by atoms with Crippen molar-refractivity contribution < 1.29 is 9.53 Å². The van der Waals surface area contributed by atoms with Gasteiger partial charge in [0, 0.05) is 12.2 Å². The molecule has 1 amide bonds. The zero-order chi connectivity index (χ0) is 13.8. The van der Waals surface area contributed by atoms with Gasteiger partial charge in [-0.25, -0.2) is 0 Å². The van der Waals surface area contributed by atoms with Crippen LogP contribution in [0.4, 0.5) is 5.69 Å². The Kier molecular flexibility index (Phi) is 4.43. The highest BCUT2D eigenvalue weighted by atomic mass is 16.5. The van der Waals surface area contributed by atoms with Crippen LogP contribution in [0.1, 0.15) is 24.0 Å². The number of carbonyl (C=O) groups is 1. The standard InChI is InChI=1S/C15H22N2O2/c1-10-11(2)14(19-3)7-6-13(10)17-15(18)12-5-4-8-16-9-12/h6-7,12,16H,4-5,8-9H2,1-3H3,(H,17,18). The van der Waals surface area contributed by atoms with Crippen molar-refractivity contribution in [3.8, 4) is 5.75 Å². The molecule has 1 aliphatic rings. The third-order valence-electron chi connectivity index (χ3n) is 3.88. The van der Waals surface area contributed by atoms with E-state index in [1.165, 1.54) is 0 Å². The number of carbonyl (C=O) groups excluding carboxylic acids is 1. The molecule has 1 aliphatic heterocycles. The van der Waals surface area contributed by atoms with E-state index in [0.29, 0.717) is 0 Å². The normalized spacial score (nSPS) is 19.0. The molecule has 2 rings (SSSR count). The number of amides is 1. The third kappa shape index (κ3) is 3.07. The second-order valence-electron chi connectivity index (χ2n) is 5.10. The number of hydrogen-bond acceptors (Lipinski definition) is 3. The Labute approximate surface area is 114 Å². The van der Waals surface area contributed by atoms with Crippen LogP contribution in [-0.2, 0) is 4.79 Å². The maximum Gasteiger partial charge on any atom is 0.228 e. The van der Waals surface area contributed by atoms with E-state index in [0.717, 1.165) is 48.5 Å². The van der Waals surface area contributed by atoms with Crippen LogP contribution in [0.25, 0.3) is 0 Å². The molecule has 1 unspecified atom stereocenters. The summed E-state index contributed by atoms with van der Waals surface area (Å²) < 4.78 is 5.28. The van der Waals surface area contributed by atoms with E-state index in [9.17, 15) is 4.79 Å². The zero-order valence-corrected chi connectivity index (χ0v) is 11.9. The van der Waals surface area contributed by atoms with Gasteiger partial charge in [0.05, 0.1) is 13.0 Å². The Morgan fingerprint density at radius 3 is 2.79 bits per heavy atom. The van der Waals surface area contributed by atoms with Crippen molar-refractivity contribution in [3.05, 3.63) is 23.3 Å². The molecule has 0 aromatic heterocycles. The van der Waals surface area contributed by atoms with E-state index in [1.807, 2.05) is 26.0 Å². The molecule has 1 saturated heterocycles. The Hall–Kier alpha value is -1.55. The monoisotopic (exact) mass is 262 g/mol. The van der Waals surface area contributed by atoms with Crippen molar-refractivity contribution in [1.29, 1.82) is 0 Å². The maximum absolute atomic E-state index is 12.2. The summed E-state index contributed by atoms with van der Waals surface area (Å²) in [5.74, 6) is 1.05. The fourth-order valence-corrected chi connectivity index (χ4v) is 2.46. The van der Waals surface area contributed by atoms with Crippen LogP contribution in [0, 0.1) is 19.8 Å². The van der Waals surface area contributed by atoms with E-state index in [2.05, 4.69) is 10.6 Å². The number of rotatable bonds is 3. The van der Waals surface area contributed by atoms with Gasteiger partial charge in [-0.1, -0.05) is 0 Å². The minimum Gasteiger partial charge on any atom is -0.496 e. The number of hydrogen-bond donors (Lipinski definition) is 2. The summed E-state index contributed by atoms with van der Waals surface area (Å²) in [4.78, 5) is 12.2. The van der Waals surface area contributed by atoms with E-state index >= 15 is 0 Å². The molecular weight excluding hydrogens is 240 g/mol. The van der Waals surface area contributed by atoms with Crippen molar-refractivity contribution in [1.82, 2.24) is 5.32 Å². The van der Waals surface area contributed by atoms with E-state index in [1.54, 1.807) is 7.11 Å². The summed E-state index contributed by atoms with van der Waals surface area (Å²) in [7, 11) is 1.66. The highest BCUT2D eigenvalue weighted by molar-refractivity contribution is 5.93. The van der Waals surface area contributed by atoms with Crippen LogP contribution < -0.4 is 15.4 Å². The van der Waals surface area contributed by atoms with Crippen molar-refractivity contribution in [2.75, 3.05) is 25.5 Å². The molecule has 0 bridgehead atoms. The highest BCUT2D eigenvalue weighted by Crippen LogP contribution is 2.27. The van der Waals surface area contributed by atoms with E-state index < -0.39 is 0 Å². The Morgan fingerprint density at radius 2 is 2.16 bits per heavy atom. The molecule has 19 heavy (non-hydrogen) atoms. The average Bonchev–Trinajstić information content (AvgIpc) is 2.45. The summed E-state index contributed by atoms with van der Waals surface area (Å²) >= 11 is 0. The van der Waals surface area contributed by atoms with Gasteiger partial charge in [-0.15, -0.1) is 0 Å². The zero-order valence-electron chi connectivity index (χ0n) is 11.9. The van der Waals surface area contributed by atoms with Crippen molar-refractivity contribution in [3.63, 3.8) is 0 Å². The average molecular weight is 262 g/mol. The molecule has 0 saturated carbocycles. The first kappa shape index (κ1) is 13.9. The van der Waals surface area contributed by atoms with Crippen LogP contribution >= 0.6 is 0 Å². The molecule has 104 valence electrons. The Bertz CT molecular complexity index is 465. The van der Waals surface area contributed by atoms with E-state index in [-0.39, 0.29) is 11.8 Å². The van der Waals surface area contributed by atoms with Crippen LogP contribution in [0.2, 0.25) is 0 Å². The number of piperidine rings is 1. The number of nitrogens with one attached hydrogen (secondary N) is 2. The van der Waals surface area contributed by atoms with E-state index in [4.69, 9.17) is 4.74 Å². The topological polar surface area (TPSA) is 50.4 Å². The predicted octanol–water partition coefficient (Wildman–Crippen LogP) is 2.25. The van der Waals surface area contributed by atoms with Crippen molar-refractivity contribution in [2.24, 2.45) is 5.92 Å². The van der Waals surface area contributed by atoms with Gasteiger partial charge in [0.15, 0.2) is 0 Å². The predicted molar refractivity (Wildman–Crippen MR) is 76.7 cm³/mol. The number of methoxy groups -OCH3 is 1. The first-order valence-electron chi connectivity index (χ1n) is 6.79. The molecule has 1 aromatic carbocycles. The summed E-state index contributed by atoms with van der Waals surface area (Å²) in [5.41, 5.74) is 3.02. The lowest BCUT2D eigenvalue weighted by Gasteiger charge is -2.22. The molecule has 0 aliphatic carbocycles. The molecule has 1 heterocycles. The number of anilines is 1. The van der Waals surface area contributed by atoms with Gasteiger partial charge in [0.2, 0.25) is 5.91 Å². The molecule has 2 N–H and O–H groups in total. The lowest BCUT2D eigenvalue weighted by atomic mass is 9.98. The molecule has 0 spiro atoms. The van der Waals surface area contributed by atoms with Gasteiger partial charge >= 0.3 is 0 Å². The molecular formula is C15H22N2O2. The van der Waals surface area contributed by atoms with Crippen molar-refractivity contribution in [2.45, 2.75) is 26.7 Å². The molecule has 1 aromatic rings. The Balaban J connectivity index is 2.10. The van der Waals surface area contributed by atoms with Gasteiger partial charge in [-0.05, 0) is 56.5 Å². The fourth-order valence-electron chi connectivity index (χ4n) is 2.46. The van der Waals surface area contributed by atoms with Crippen LogP contribution in [0.15, 0.2) is 12.1 Å². The SMILES string of the molecule is COc1ccc(NC(=O)C2CCCNC2)c(C)c1C. The molecule has 1 fully saturated rings. The van der Waals surface area contributed by atoms with Crippen LogP contribution in [0.5, 0.6) is 5.75 Å². The van der Waals surface area contributed by atoms with Gasteiger partial charge < -0.3 is 15.4 Å². The van der Waals surface area contributed by atoms with Gasteiger partial charge in [-0.3, -0.25) is 4.79 Å². The Morgan fingerprint density at radius 1 is 1.37 bits per heavy atom.